The molecule has 1 heterocycles. The summed E-state index contributed by atoms with van der Waals surface area (Å²) in [6.07, 6.45) is 0.748. The second-order valence-electron chi connectivity index (χ2n) is 5.09. The van der Waals surface area contributed by atoms with Gasteiger partial charge in [0, 0.05) is 29.2 Å². The highest BCUT2D eigenvalue weighted by atomic mass is 79.9. The van der Waals surface area contributed by atoms with Gasteiger partial charge in [-0.1, -0.05) is 41.9 Å². The van der Waals surface area contributed by atoms with E-state index < -0.39 is 0 Å². The molecule has 1 aromatic heterocycles. The molecule has 0 atom stereocenters. The number of hydrogen-bond donors (Lipinski definition) is 1. The predicted molar refractivity (Wildman–Crippen MR) is 87.2 cm³/mol. The van der Waals surface area contributed by atoms with Gasteiger partial charge in [0.2, 0.25) is 0 Å². The van der Waals surface area contributed by atoms with E-state index in [-0.39, 0.29) is 0 Å². The van der Waals surface area contributed by atoms with Crippen LogP contribution in [0.5, 0.6) is 0 Å². The predicted octanol–water partition coefficient (Wildman–Crippen LogP) is 4.39. The van der Waals surface area contributed by atoms with Gasteiger partial charge in [0.15, 0.2) is 0 Å². The van der Waals surface area contributed by atoms with Gasteiger partial charge in [0.25, 0.3) is 0 Å². The average Bonchev–Trinajstić information content (AvgIpc) is 2.38. The Hall–Kier alpha value is -1.42. The molecule has 0 fully saturated rings. The molecule has 20 heavy (non-hydrogen) atoms. The van der Waals surface area contributed by atoms with Crippen molar-refractivity contribution < 1.29 is 0 Å². The Morgan fingerprint density at radius 3 is 2.65 bits per heavy atom. The van der Waals surface area contributed by atoms with E-state index in [1.54, 1.807) is 0 Å². The van der Waals surface area contributed by atoms with Gasteiger partial charge < -0.3 is 5.32 Å². The molecule has 2 rings (SSSR count). The van der Waals surface area contributed by atoms with Crippen molar-refractivity contribution in [3.05, 3.63) is 51.9 Å². The quantitative estimate of drug-likeness (QED) is 0.881. The van der Waals surface area contributed by atoms with Crippen LogP contribution in [0.25, 0.3) is 0 Å². The van der Waals surface area contributed by atoms with Gasteiger partial charge in [-0.05, 0) is 30.5 Å². The number of aromatic nitrogens is 2. The molecule has 106 valence electrons. The molecule has 0 aliphatic heterocycles. The standard InChI is InChI=1S/C16H20BrN3/c1-4-18-15-10-14(11(2)3)19-16(20-15)9-12-6-5-7-13(17)8-12/h5-8,10-11H,4,9H2,1-3H3,(H,18,19,20). The van der Waals surface area contributed by atoms with Crippen LogP contribution < -0.4 is 5.32 Å². The van der Waals surface area contributed by atoms with E-state index in [1.165, 1.54) is 5.56 Å². The van der Waals surface area contributed by atoms with Crippen molar-refractivity contribution >= 4 is 21.7 Å². The number of anilines is 1. The van der Waals surface area contributed by atoms with Crippen LogP contribution in [-0.2, 0) is 6.42 Å². The molecule has 3 nitrogen and oxygen atoms in total. The molecule has 0 amide bonds. The molecular weight excluding hydrogens is 314 g/mol. The molecule has 4 heteroatoms. The lowest BCUT2D eigenvalue weighted by Crippen LogP contribution is -2.07. The normalized spacial score (nSPS) is 10.8. The molecule has 0 radical (unpaired) electrons. The Balaban J connectivity index is 2.30. The van der Waals surface area contributed by atoms with Crippen LogP contribution in [0.2, 0.25) is 0 Å². The lowest BCUT2D eigenvalue weighted by atomic mass is 10.1. The summed E-state index contributed by atoms with van der Waals surface area (Å²) < 4.78 is 1.09. The molecule has 0 unspecified atom stereocenters. The van der Waals surface area contributed by atoms with Crippen LogP contribution in [0.4, 0.5) is 5.82 Å². The van der Waals surface area contributed by atoms with Crippen molar-refractivity contribution in [3.63, 3.8) is 0 Å². The highest BCUT2D eigenvalue weighted by Crippen LogP contribution is 2.18. The van der Waals surface area contributed by atoms with E-state index in [1.807, 2.05) is 18.2 Å². The van der Waals surface area contributed by atoms with Crippen molar-refractivity contribution in [3.8, 4) is 0 Å². The Morgan fingerprint density at radius 1 is 1.20 bits per heavy atom. The lowest BCUT2D eigenvalue weighted by molar-refractivity contribution is 0.792. The molecule has 1 aromatic carbocycles. The van der Waals surface area contributed by atoms with Crippen molar-refractivity contribution in [2.75, 3.05) is 11.9 Å². The van der Waals surface area contributed by atoms with Gasteiger partial charge in [-0.15, -0.1) is 0 Å². The summed E-state index contributed by atoms with van der Waals surface area (Å²) in [7, 11) is 0. The highest BCUT2D eigenvalue weighted by Gasteiger charge is 2.08. The number of benzene rings is 1. The van der Waals surface area contributed by atoms with Gasteiger partial charge in [-0.2, -0.15) is 0 Å². The highest BCUT2D eigenvalue weighted by molar-refractivity contribution is 9.10. The maximum atomic E-state index is 4.67. The van der Waals surface area contributed by atoms with Gasteiger partial charge in [-0.25, -0.2) is 9.97 Å². The Bertz CT molecular complexity index is 582. The average molecular weight is 334 g/mol. The first-order valence-electron chi connectivity index (χ1n) is 6.94. The largest absolute Gasteiger partial charge is 0.370 e. The van der Waals surface area contributed by atoms with E-state index >= 15 is 0 Å². The fourth-order valence-electron chi connectivity index (χ4n) is 1.99. The molecule has 0 aliphatic carbocycles. The van der Waals surface area contributed by atoms with Crippen LogP contribution in [0, 0.1) is 0 Å². The fourth-order valence-corrected chi connectivity index (χ4v) is 2.44. The summed E-state index contributed by atoms with van der Waals surface area (Å²) in [6, 6.07) is 10.3. The summed E-state index contributed by atoms with van der Waals surface area (Å²) in [6.45, 7) is 7.25. The molecular formula is C16H20BrN3. The number of nitrogens with one attached hydrogen (secondary N) is 1. The summed E-state index contributed by atoms with van der Waals surface area (Å²) in [4.78, 5) is 9.27. The Morgan fingerprint density at radius 2 is 2.00 bits per heavy atom. The van der Waals surface area contributed by atoms with Crippen LogP contribution in [0.1, 0.15) is 43.8 Å². The maximum absolute atomic E-state index is 4.67. The number of nitrogens with zero attached hydrogens (tertiary/aromatic N) is 2. The maximum Gasteiger partial charge on any atom is 0.135 e. The zero-order valence-corrected chi connectivity index (χ0v) is 13.7. The summed E-state index contributed by atoms with van der Waals surface area (Å²) in [5, 5.41) is 3.28. The van der Waals surface area contributed by atoms with Crippen LogP contribution >= 0.6 is 15.9 Å². The smallest absolute Gasteiger partial charge is 0.135 e. The minimum absolute atomic E-state index is 0.400. The summed E-state index contributed by atoms with van der Waals surface area (Å²) in [5.41, 5.74) is 2.30. The first-order chi connectivity index (χ1) is 9.58. The zero-order valence-electron chi connectivity index (χ0n) is 12.2. The summed E-state index contributed by atoms with van der Waals surface area (Å²) in [5.74, 6) is 2.18. The first kappa shape index (κ1) is 15.0. The lowest BCUT2D eigenvalue weighted by Gasteiger charge is -2.11. The second-order valence-corrected chi connectivity index (χ2v) is 6.00. The van der Waals surface area contributed by atoms with Gasteiger partial charge in [0.05, 0.1) is 0 Å². The van der Waals surface area contributed by atoms with Crippen molar-refractivity contribution in [1.82, 2.24) is 9.97 Å². The number of hydrogen-bond acceptors (Lipinski definition) is 3. The zero-order chi connectivity index (χ0) is 14.5. The topological polar surface area (TPSA) is 37.8 Å². The molecule has 0 saturated carbocycles. The van der Waals surface area contributed by atoms with Gasteiger partial charge in [0.1, 0.15) is 11.6 Å². The number of halogens is 1. The van der Waals surface area contributed by atoms with Crippen molar-refractivity contribution in [2.24, 2.45) is 0 Å². The Labute approximate surface area is 129 Å². The van der Waals surface area contributed by atoms with Crippen LogP contribution in [-0.4, -0.2) is 16.5 Å². The molecule has 0 aliphatic rings. The Kier molecular flexibility index (Phi) is 5.12. The van der Waals surface area contributed by atoms with Crippen molar-refractivity contribution in [2.45, 2.75) is 33.1 Å². The van der Waals surface area contributed by atoms with Crippen LogP contribution in [0.15, 0.2) is 34.8 Å². The molecule has 0 spiro atoms. The SMILES string of the molecule is CCNc1cc(C(C)C)nc(Cc2cccc(Br)c2)n1. The monoisotopic (exact) mass is 333 g/mol. The molecule has 2 aromatic rings. The van der Waals surface area contributed by atoms with E-state index in [2.05, 4.69) is 64.1 Å². The van der Waals surface area contributed by atoms with E-state index in [0.717, 1.165) is 34.8 Å². The number of rotatable bonds is 5. The van der Waals surface area contributed by atoms with E-state index in [4.69, 9.17) is 0 Å². The third-order valence-corrected chi connectivity index (χ3v) is 3.49. The van der Waals surface area contributed by atoms with Gasteiger partial charge in [-0.3, -0.25) is 0 Å². The van der Waals surface area contributed by atoms with Crippen molar-refractivity contribution in [1.29, 1.82) is 0 Å². The summed E-state index contributed by atoms with van der Waals surface area (Å²) >= 11 is 3.50. The minimum Gasteiger partial charge on any atom is -0.370 e. The molecule has 0 saturated heterocycles. The minimum atomic E-state index is 0.400. The first-order valence-corrected chi connectivity index (χ1v) is 7.74. The fraction of sp³-hybridized carbons (Fsp3) is 0.375. The molecule has 1 N–H and O–H groups in total. The molecule has 0 bridgehead atoms. The second kappa shape index (κ2) is 6.84. The van der Waals surface area contributed by atoms with E-state index in [0.29, 0.717) is 5.92 Å². The third-order valence-electron chi connectivity index (χ3n) is 2.99. The third kappa shape index (κ3) is 4.04. The van der Waals surface area contributed by atoms with Gasteiger partial charge >= 0.3 is 0 Å². The van der Waals surface area contributed by atoms with Crippen LogP contribution in [0.3, 0.4) is 0 Å². The van der Waals surface area contributed by atoms with E-state index in [9.17, 15) is 0 Å².